The monoisotopic (exact) mass is 124 g/mol. The molecule has 0 aromatic carbocycles. The number of hydrogen-bond acceptors (Lipinski definition) is 2. The highest BCUT2D eigenvalue weighted by atomic mass is 32.7. The second-order valence-electron chi connectivity index (χ2n) is 0.694. The van der Waals surface area contributed by atoms with E-state index in [0.29, 0.717) is 0 Å². The average molecular weight is 124 g/mol. The van der Waals surface area contributed by atoms with Gasteiger partial charge in [0.2, 0.25) is 0 Å². The van der Waals surface area contributed by atoms with Gasteiger partial charge in [0.15, 0.2) is 0 Å². The second kappa shape index (κ2) is 5.74. The summed E-state index contributed by atoms with van der Waals surface area (Å²) < 4.78 is 4.91. The highest BCUT2D eigenvalue weighted by molar-refractivity contribution is 8.46. The topological polar surface area (TPSA) is 9.23 Å². The predicted molar refractivity (Wildman–Crippen MR) is 33.5 cm³/mol. The fraction of sp³-hybridized carbons (Fsp3) is 1.00. The quantitative estimate of drug-likeness (QED) is 0.323. The van der Waals surface area contributed by atoms with E-state index in [9.17, 15) is 0 Å². The molecule has 0 saturated carbocycles. The maximum atomic E-state index is 4.91. The molecule has 0 N–H and O–H groups in total. The summed E-state index contributed by atoms with van der Waals surface area (Å²) in [4.78, 5) is 0. The normalized spacial score (nSPS) is 11.0. The van der Waals surface area contributed by atoms with E-state index in [-0.39, 0.29) is 0 Å². The molecule has 1 nitrogen and oxygen atoms in total. The van der Waals surface area contributed by atoms with Crippen molar-refractivity contribution in [2.45, 2.75) is 6.92 Å². The Morgan fingerprint density at radius 3 is 2.67 bits per heavy atom. The SMILES string of the molecule is CCOSPC. The molecule has 0 heterocycles. The molecule has 0 fully saturated rings. The lowest BCUT2D eigenvalue weighted by Crippen LogP contribution is -1.69. The molecule has 6 heavy (non-hydrogen) atoms. The molecule has 0 aliphatic heterocycles. The van der Waals surface area contributed by atoms with Gasteiger partial charge in [0.05, 0.1) is 6.61 Å². The van der Waals surface area contributed by atoms with Crippen LogP contribution in [0.3, 0.4) is 0 Å². The smallest absolute Gasteiger partial charge is 0.0589 e. The van der Waals surface area contributed by atoms with Gasteiger partial charge in [0.25, 0.3) is 0 Å². The van der Waals surface area contributed by atoms with Crippen molar-refractivity contribution >= 4 is 19.4 Å². The van der Waals surface area contributed by atoms with Crippen LogP contribution in [0.2, 0.25) is 0 Å². The molecule has 1 atom stereocenters. The Bertz CT molecular complexity index is 22.8. The maximum absolute atomic E-state index is 4.91. The van der Waals surface area contributed by atoms with Crippen LogP contribution in [0, 0.1) is 0 Å². The van der Waals surface area contributed by atoms with Crippen LogP contribution < -0.4 is 0 Å². The van der Waals surface area contributed by atoms with Gasteiger partial charge in [-0.05, 0) is 21.4 Å². The van der Waals surface area contributed by atoms with Crippen LogP contribution in [0.1, 0.15) is 6.92 Å². The highest BCUT2D eigenvalue weighted by Crippen LogP contribution is 2.24. The van der Waals surface area contributed by atoms with Crippen molar-refractivity contribution in [1.29, 1.82) is 0 Å². The van der Waals surface area contributed by atoms with E-state index >= 15 is 0 Å². The van der Waals surface area contributed by atoms with Crippen molar-refractivity contribution in [2.75, 3.05) is 13.3 Å². The lowest BCUT2D eigenvalue weighted by Gasteiger charge is -1.89. The minimum atomic E-state index is 0.825. The molecular weight excluding hydrogens is 115 g/mol. The zero-order valence-corrected chi connectivity index (χ0v) is 5.84. The first kappa shape index (κ1) is 6.74. The van der Waals surface area contributed by atoms with Crippen LogP contribution >= 0.6 is 19.4 Å². The highest BCUT2D eigenvalue weighted by Gasteiger charge is 1.73. The minimum Gasteiger partial charge on any atom is -0.312 e. The Hall–Kier alpha value is 0.740. The van der Waals surface area contributed by atoms with Gasteiger partial charge in [0, 0.05) is 11.7 Å². The van der Waals surface area contributed by atoms with Crippen LogP contribution in [0.15, 0.2) is 0 Å². The summed E-state index contributed by atoms with van der Waals surface area (Å²) in [5.74, 6) is 0. The predicted octanol–water partition coefficient (Wildman–Crippen LogP) is 1.89. The van der Waals surface area contributed by atoms with E-state index in [1.165, 1.54) is 11.7 Å². The Kier molecular flexibility index (Phi) is 6.45. The fourth-order valence-electron chi connectivity index (χ4n) is 0.118. The van der Waals surface area contributed by atoms with Crippen molar-refractivity contribution in [3.63, 3.8) is 0 Å². The molecule has 38 valence electrons. The molecule has 0 aromatic rings. The summed E-state index contributed by atoms with van der Waals surface area (Å²) in [7, 11) is 0.859. The van der Waals surface area contributed by atoms with Gasteiger partial charge in [-0.3, -0.25) is 0 Å². The van der Waals surface area contributed by atoms with Gasteiger partial charge < -0.3 is 4.18 Å². The first-order valence-corrected chi connectivity index (χ1v) is 4.83. The molecule has 3 heteroatoms. The van der Waals surface area contributed by atoms with Gasteiger partial charge in [-0.1, -0.05) is 0 Å². The molecule has 1 unspecified atom stereocenters. The molecule has 0 aromatic heterocycles. The molecule has 0 rings (SSSR count). The van der Waals surface area contributed by atoms with E-state index in [1.54, 1.807) is 0 Å². The maximum Gasteiger partial charge on any atom is 0.0589 e. The zero-order valence-electron chi connectivity index (χ0n) is 4.02. The Morgan fingerprint density at radius 1 is 1.83 bits per heavy atom. The zero-order chi connectivity index (χ0) is 4.83. The van der Waals surface area contributed by atoms with Crippen LogP contribution in [0.25, 0.3) is 0 Å². The van der Waals surface area contributed by atoms with E-state index in [0.717, 1.165) is 14.4 Å². The average Bonchev–Trinajstić information content (AvgIpc) is 1.61. The molecule has 0 saturated heterocycles. The molecule has 0 aliphatic rings. The van der Waals surface area contributed by atoms with Gasteiger partial charge in [-0.25, -0.2) is 0 Å². The van der Waals surface area contributed by atoms with Crippen molar-refractivity contribution in [3.05, 3.63) is 0 Å². The third-order valence-corrected chi connectivity index (χ3v) is 1.63. The molecule has 0 bridgehead atoms. The molecule has 0 amide bonds. The lowest BCUT2D eigenvalue weighted by atomic mass is 10.9. The van der Waals surface area contributed by atoms with Gasteiger partial charge >= 0.3 is 0 Å². The number of hydrogen-bond donors (Lipinski definition) is 0. The first-order chi connectivity index (χ1) is 2.91. The van der Waals surface area contributed by atoms with Crippen molar-refractivity contribution < 1.29 is 4.18 Å². The van der Waals surface area contributed by atoms with Crippen molar-refractivity contribution in [2.24, 2.45) is 0 Å². The van der Waals surface area contributed by atoms with Crippen molar-refractivity contribution in [3.8, 4) is 0 Å². The van der Waals surface area contributed by atoms with E-state index in [1.807, 2.05) is 6.92 Å². The Morgan fingerprint density at radius 2 is 2.50 bits per heavy atom. The number of rotatable bonds is 3. The van der Waals surface area contributed by atoms with Crippen LogP contribution in [-0.4, -0.2) is 13.3 Å². The summed E-state index contributed by atoms with van der Waals surface area (Å²) in [5, 5.41) is 0. The van der Waals surface area contributed by atoms with Gasteiger partial charge in [-0.2, -0.15) is 0 Å². The van der Waals surface area contributed by atoms with Gasteiger partial charge in [0.1, 0.15) is 0 Å². The summed E-state index contributed by atoms with van der Waals surface area (Å²) in [5.41, 5.74) is 0. The molecular formula is C3H9OPS. The molecule has 0 spiro atoms. The second-order valence-corrected chi connectivity index (χ2v) is 3.23. The van der Waals surface area contributed by atoms with Gasteiger partial charge in [-0.15, -0.1) is 0 Å². The van der Waals surface area contributed by atoms with E-state index in [4.69, 9.17) is 4.18 Å². The lowest BCUT2D eigenvalue weighted by molar-refractivity contribution is 0.408. The summed E-state index contributed by atoms with van der Waals surface area (Å²) >= 11 is 1.54. The van der Waals surface area contributed by atoms with Crippen LogP contribution in [-0.2, 0) is 4.18 Å². The summed E-state index contributed by atoms with van der Waals surface area (Å²) in [6.07, 6.45) is 0. The minimum absolute atomic E-state index is 0.825. The standard InChI is InChI=1S/C3H9OPS/c1-3-4-6-5-2/h5H,3H2,1-2H3. The summed E-state index contributed by atoms with van der Waals surface area (Å²) in [6, 6.07) is 0. The first-order valence-electron chi connectivity index (χ1n) is 1.87. The van der Waals surface area contributed by atoms with Crippen LogP contribution in [0.5, 0.6) is 0 Å². The molecule has 0 aliphatic carbocycles. The third kappa shape index (κ3) is 4.74. The largest absolute Gasteiger partial charge is 0.312 e. The molecule has 0 radical (unpaired) electrons. The van der Waals surface area contributed by atoms with E-state index in [2.05, 4.69) is 6.66 Å². The fourth-order valence-corrected chi connectivity index (χ4v) is 1.06. The van der Waals surface area contributed by atoms with Crippen LogP contribution in [0.4, 0.5) is 0 Å². The summed E-state index contributed by atoms with van der Waals surface area (Å²) in [6.45, 7) is 4.92. The third-order valence-electron chi connectivity index (χ3n) is 0.260. The Balaban J connectivity index is 2.34. The van der Waals surface area contributed by atoms with Crippen molar-refractivity contribution in [1.82, 2.24) is 0 Å². The Labute approximate surface area is 44.6 Å². The van der Waals surface area contributed by atoms with E-state index < -0.39 is 0 Å².